The first-order valence-corrected chi connectivity index (χ1v) is 11.1. The number of nitrogens with zero attached hydrogens (tertiary/aromatic N) is 4. The van der Waals surface area contributed by atoms with Gasteiger partial charge in [0.05, 0.1) is 24.0 Å². The molecule has 3 aromatic rings. The van der Waals surface area contributed by atoms with E-state index in [0.29, 0.717) is 41.7 Å². The maximum atomic E-state index is 14.3. The fourth-order valence-corrected chi connectivity index (χ4v) is 5.22. The van der Waals surface area contributed by atoms with Crippen molar-refractivity contribution in [2.45, 2.75) is 56.3 Å². The van der Waals surface area contributed by atoms with Crippen molar-refractivity contribution in [2.75, 3.05) is 11.5 Å². The van der Waals surface area contributed by atoms with Crippen LogP contribution >= 0.6 is 0 Å². The lowest BCUT2D eigenvalue weighted by Gasteiger charge is -2.39. The monoisotopic (exact) mass is 435 g/mol. The maximum Gasteiger partial charge on any atom is 0.257 e. The Bertz CT molecular complexity index is 1270. The highest BCUT2D eigenvalue weighted by Crippen LogP contribution is 2.43. The molecule has 2 bridgehead atoms. The second-order valence-corrected chi connectivity index (χ2v) is 9.31. The molecule has 0 radical (unpaired) electrons. The number of hydrogen-bond donors (Lipinski definition) is 1. The van der Waals surface area contributed by atoms with Gasteiger partial charge in [-0.1, -0.05) is 0 Å². The number of nitrogens with one attached hydrogen (secondary N) is 1. The first-order valence-electron chi connectivity index (χ1n) is 11.1. The zero-order chi connectivity index (χ0) is 21.4. The van der Waals surface area contributed by atoms with Crippen LogP contribution in [0.15, 0.2) is 30.6 Å². The highest BCUT2D eigenvalue weighted by atomic mass is 19.1. The third-order valence-corrected chi connectivity index (χ3v) is 7.15. The SMILES string of the molecule is O=C1NC2(CC2)COc2ccc(F)cc2CN2c3nc4c1cnn4cc3O[C@H]1CCC[C@H]12. The summed E-state index contributed by atoms with van der Waals surface area (Å²) in [5.41, 5.74) is 1.26. The molecule has 2 fully saturated rings. The Hall–Kier alpha value is -3.36. The van der Waals surface area contributed by atoms with Crippen LogP contribution in [0.5, 0.6) is 11.5 Å². The number of amides is 1. The van der Waals surface area contributed by atoms with Crippen LogP contribution in [-0.2, 0) is 6.54 Å². The molecule has 1 amide bonds. The fraction of sp³-hybridized carbons (Fsp3) is 0.435. The lowest BCUT2D eigenvalue weighted by Crippen LogP contribution is -2.46. The van der Waals surface area contributed by atoms with Gasteiger partial charge >= 0.3 is 0 Å². The second-order valence-electron chi connectivity index (χ2n) is 9.31. The molecule has 2 aliphatic heterocycles. The van der Waals surface area contributed by atoms with Crippen LogP contribution in [0.3, 0.4) is 0 Å². The van der Waals surface area contributed by atoms with Crippen LogP contribution in [0.1, 0.15) is 48.0 Å². The van der Waals surface area contributed by atoms with Gasteiger partial charge in [0.1, 0.15) is 29.8 Å². The number of anilines is 1. The molecule has 1 N–H and O–H groups in total. The van der Waals surface area contributed by atoms with Crippen molar-refractivity contribution in [3.05, 3.63) is 47.5 Å². The number of aromatic nitrogens is 3. The summed E-state index contributed by atoms with van der Waals surface area (Å²) < 4.78 is 28.3. The number of hydrogen-bond acceptors (Lipinski definition) is 6. The predicted octanol–water partition coefficient (Wildman–Crippen LogP) is 2.84. The molecule has 7 rings (SSSR count). The molecule has 0 saturated heterocycles. The molecule has 4 aliphatic rings. The normalized spacial score (nSPS) is 25.2. The summed E-state index contributed by atoms with van der Waals surface area (Å²) in [5, 5.41) is 7.47. The lowest BCUT2D eigenvalue weighted by atomic mass is 10.1. The maximum absolute atomic E-state index is 14.3. The van der Waals surface area contributed by atoms with Crippen molar-refractivity contribution in [3.63, 3.8) is 0 Å². The topological polar surface area (TPSA) is 81.0 Å². The molecule has 32 heavy (non-hydrogen) atoms. The van der Waals surface area contributed by atoms with E-state index in [0.717, 1.165) is 37.7 Å². The van der Waals surface area contributed by atoms with Crippen LogP contribution < -0.4 is 19.7 Å². The Balaban J connectivity index is 1.43. The summed E-state index contributed by atoms with van der Waals surface area (Å²) >= 11 is 0. The van der Waals surface area contributed by atoms with E-state index in [1.54, 1.807) is 23.0 Å². The van der Waals surface area contributed by atoms with Crippen LogP contribution in [-0.4, -0.2) is 44.8 Å². The van der Waals surface area contributed by atoms with E-state index in [9.17, 15) is 9.18 Å². The van der Waals surface area contributed by atoms with Gasteiger partial charge in [-0.05, 0) is 50.3 Å². The van der Waals surface area contributed by atoms with Crippen LogP contribution in [0, 0.1) is 5.82 Å². The van der Waals surface area contributed by atoms with Crippen molar-refractivity contribution >= 4 is 17.4 Å². The predicted molar refractivity (Wildman–Crippen MR) is 113 cm³/mol. The molecule has 9 heteroatoms. The number of fused-ring (bicyclic) bond motifs is 3. The van der Waals surface area contributed by atoms with Gasteiger partial charge in [-0.3, -0.25) is 4.79 Å². The van der Waals surface area contributed by atoms with Gasteiger partial charge < -0.3 is 19.7 Å². The number of carbonyl (C=O) groups is 1. The third-order valence-electron chi connectivity index (χ3n) is 7.15. The summed E-state index contributed by atoms with van der Waals surface area (Å²) in [5.74, 6) is 1.41. The van der Waals surface area contributed by atoms with Crippen molar-refractivity contribution in [1.29, 1.82) is 0 Å². The Morgan fingerprint density at radius 3 is 3.00 bits per heavy atom. The van der Waals surface area contributed by atoms with Crippen molar-refractivity contribution in [2.24, 2.45) is 0 Å². The molecular formula is C23H22FN5O3. The van der Waals surface area contributed by atoms with Gasteiger partial charge in [-0.25, -0.2) is 13.9 Å². The Labute approximate surface area is 183 Å². The molecule has 2 atom stereocenters. The molecule has 2 aliphatic carbocycles. The number of rotatable bonds is 0. The number of benzene rings is 1. The lowest BCUT2D eigenvalue weighted by molar-refractivity contribution is 0.0914. The summed E-state index contributed by atoms with van der Waals surface area (Å²) in [7, 11) is 0. The average molecular weight is 435 g/mol. The Kier molecular flexibility index (Phi) is 3.61. The zero-order valence-electron chi connectivity index (χ0n) is 17.4. The molecular weight excluding hydrogens is 413 g/mol. The fourth-order valence-electron chi connectivity index (χ4n) is 5.22. The van der Waals surface area contributed by atoms with E-state index < -0.39 is 5.54 Å². The summed E-state index contributed by atoms with van der Waals surface area (Å²) in [6, 6.07) is 4.77. The van der Waals surface area contributed by atoms with Gasteiger partial charge in [0.25, 0.3) is 5.91 Å². The van der Waals surface area contributed by atoms with E-state index >= 15 is 0 Å². The Morgan fingerprint density at radius 2 is 2.12 bits per heavy atom. The van der Waals surface area contributed by atoms with Gasteiger partial charge in [0.15, 0.2) is 17.2 Å². The average Bonchev–Trinajstić information content (AvgIpc) is 3.17. The van der Waals surface area contributed by atoms with Crippen LogP contribution in [0.2, 0.25) is 0 Å². The number of ether oxygens (including phenoxy) is 2. The molecule has 1 spiro atoms. The molecule has 164 valence electrons. The van der Waals surface area contributed by atoms with E-state index in [4.69, 9.17) is 14.5 Å². The molecule has 4 heterocycles. The first kappa shape index (κ1) is 18.2. The number of halogens is 1. The molecule has 2 aromatic heterocycles. The van der Waals surface area contributed by atoms with E-state index in [2.05, 4.69) is 15.3 Å². The molecule has 8 nitrogen and oxygen atoms in total. The molecule has 2 saturated carbocycles. The molecule has 1 aromatic carbocycles. The zero-order valence-corrected chi connectivity index (χ0v) is 17.4. The first-order chi connectivity index (χ1) is 15.6. The quantitative estimate of drug-likeness (QED) is 0.585. The summed E-state index contributed by atoms with van der Waals surface area (Å²) in [6.45, 7) is 0.791. The minimum absolute atomic E-state index is 0.0448. The van der Waals surface area contributed by atoms with E-state index in [1.165, 1.54) is 12.1 Å². The van der Waals surface area contributed by atoms with Crippen molar-refractivity contribution in [1.82, 2.24) is 19.9 Å². The third kappa shape index (κ3) is 2.69. The van der Waals surface area contributed by atoms with Gasteiger partial charge in [-0.15, -0.1) is 0 Å². The standard InChI is InChI=1S/C23H22FN5O3/c24-14-4-5-17-13(8-14)10-28-16-2-1-3-18(16)32-19-11-29-20(26-21(19)28)15(9-25-29)22(30)27-23(6-7-23)12-31-17/h4-5,8-9,11,16,18H,1-3,6-7,10,12H2,(H,27,30)/t16-,18+/m1/s1. The van der Waals surface area contributed by atoms with Gasteiger partial charge in [0.2, 0.25) is 0 Å². The summed E-state index contributed by atoms with van der Waals surface area (Å²) in [6.07, 6.45) is 8.05. The highest BCUT2D eigenvalue weighted by Gasteiger charge is 2.46. The van der Waals surface area contributed by atoms with E-state index in [1.807, 2.05) is 0 Å². The largest absolute Gasteiger partial charge is 0.491 e. The summed E-state index contributed by atoms with van der Waals surface area (Å²) in [4.78, 5) is 20.2. The highest BCUT2D eigenvalue weighted by molar-refractivity contribution is 6.00. The van der Waals surface area contributed by atoms with Crippen molar-refractivity contribution < 1.29 is 18.7 Å². The minimum atomic E-state index is -0.416. The van der Waals surface area contributed by atoms with E-state index in [-0.39, 0.29) is 23.9 Å². The molecule has 0 unspecified atom stereocenters. The van der Waals surface area contributed by atoms with Crippen molar-refractivity contribution in [3.8, 4) is 11.5 Å². The second kappa shape index (κ2) is 6.34. The van der Waals surface area contributed by atoms with Gasteiger partial charge in [-0.2, -0.15) is 5.10 Å². The minimum Gasteiger partial charge on any atom is -0.491 e. The van der Waals surface area contributed by atoms with Crippen LogP contribution in [0.25, 0.3) is 5.65 Å². The van der Waals surface area contributed by atoms with Gasteiger partial charge in [0, 0.05) is 12.1 Å². The van der Waals surface area contributed by atoms with Crippen LogP contribution in [0.4, 0.5) is 10.2 Å². The Morgan fingerprint density at radius 1 is 1.22 bits per heavy atom. The number of carbonyl (C=O) groups excluding carboxylic acids is 1. The smallest absolute Gasteiger partial charge is 0.257 e.